The van der Waals surface area contributed by atoms with Gasteiger partial charge in [0.1, 0.15) is 17.2 Å². The van der Waals surface area contributed by atoms with Crippen molar-refractivity contribution in [3.05, 3.63) is 41.9 Å². The number of nitrogens with zero attached hydrogens (tertiary/aromatic N) is 6. The zero-order valence-corrected chi connectivity index (χ0v) is 20.8. The van der Waals surface area contributed by atoms with E-state index in [1.807, 2.05) is 11.0 Å². The molecule has 2 saturated heterocycles. The number of anilines is 2. The van der Waals surface area contributed by atoms with Gasteiger partial charge in [-0.25, -0.2) is 9.97 Å². The average molecular weight is 489 g/mol. The van der Waals surface area contributed by atoms with Gasteiger partial charge in [-0.05, 0) is 43.4 Å². The van der Waals surface area contributed by atoms with E-state index in [-0.39, 0.29) is 17.9 Å². The van der Waals surface area contributed by atoms with Crippen LogP contribution in [0.3, 0.4) is 0 Å². The maximum absolute atomic E-state index is 13.0. The molecule has 3 aromatic heterocycles. The SMILES string of the molecule is CN(C)C(=O)c1cc2cnc(Nc3ccc(C(=O)N4CC5CNC(C5)C4)cn3)nc2n1C1CCCC1. The Bertz CT molecular complexity index is 1280. The maximum Gasteiger partial charge on any atom is 0.270 e. The highest BCUT2D eigenvalue weighted by molar-refractivity contribution is 5.98. The molecule has 3 aromatic rings. The number of piperidine rings is 1. The van der Waals surface area contributed by atoms with Gasteiger partial charge >= 0.3 is 0 Å². The summed E-state index contributed by atoms with van der Waals surface area (Å²) in [6.07, 6.45) is 8.90. The van der Waals surface area contributed by atoms with Crippen molar-refractivity contribution in [3.8, 4) is 0 Å². The number of pyridine rings is 1. The molecule has 1 aliphatic carbocycles. The molecule has 2 N–H and O–H groups in total. The third-order valence-corrected chi connectivity index (χ3v) is 7.66. The molecule has 10 heteroatoms. The van der Waals surface area contributed by atoms with Crippen LogP contribution in [0.15, 0.2) is 30.6 Å². The van der Waals surface area contributed by atoms with Crippen molar-refractivity contribution in [1.29, 1.82) is 0 Å². The summed E-state index contributed by atoms with van der Waals surface area (Å²) in [5.41, 5.74) is 1.99. The number of hydrogen-bond donors (Lipinski definition) is 2. The average Bonchev–Trinajstić information content (AvgIpc) is 3.61. The Balaban J connectivity index is 1.23. The normalized spacial score (nSPS) is 21.8. The minimum atomic E-state index is -0.0335. The molecule has 6 rings (SSSR count). The summed E-state index contributed by atoms with van der Waals surface area (Å²) in [7, 11) is 3.54. The first-order valence-electron chi connectivity index (χ1n) is 12.8. The highest BCUT2D eigenvalue weighted by Crippen LogP contribution is 2.35. The van der Waals surface area contributed by atoms with Crippen LogP contribution in [0, 0.1) is 5.92 Å². The monoisotopic (exact) mass is 488 g/mol. The van der Waals surface area contributed by atoms with Crippen molar-refractivity contribution < 1.29 is 9.59 Å². The van der Waals surface area contributed by atoms with Crippen LogP contribution in [-0.4, -0.2) is 80.9 Å². The first-order valence-corrected chi connectivity index (χ1v) is 12.8. The van der Waals surface area contributed by atoms with Gasteiger partial charge < -0.3 is 25.0 Å². The number of rotatable bonds is 5. The first-order chi connectivity index (χ1) is 17.5. The van der Waals surface area contributed by atoms with E-state index >= 15 is 0 Å². The quantitative estimate of drug-likeness (QED) is 0.569. The maximum atomic E-state index is 13.0. The lowest BCUT2D eigenvalue weighted by atomic mass is 9.99. The Morgan fingerprint density at radius 1 is 1.11 bits per heavy atom. The minimum Gasteiger partial charge on any atom is -0.343 e. The van der Waals surface area contributed by atoms with Crippen LogP contribution in [0.25, 0.3) is 11.0 Å². The molecule has 188 valence electrons. The fourth-order valence-corrected chi connectivity index (χ4v) is 5.88. The molecule has 2 bridgehead atoms. The summed E-state index contributed by atoms with van der Waals surface area (Å²) >= 11 is 0. The highest BCUT2D eigenvalue weighted by Gasteiger charge is 2.35. The van der Waals surface area contributed by atoms with E-state index in [4.69, 9.17) is 4.98 Å². The molecule has 2 unspecified atom stereocenters. The van der Waals surface area contributed by atoms with E-state index in [1.54, 1.807) is 43.5 Å². The van der Waals surface area contributed by atoms with Crippen LogP contribution in [0.5, 0.6) is 0 Å². The van der Waals surface area contributed by atoms with Crippen molar-refractivity contribution in [1.82, 2.24) is 34.6 Å². The second kappa shape index (κ2) is 9.16. The lowest BCUT2D eigenvalue weighted by Gasteiger charge is -2.31. The third-order valence-electron chi connectivity index (χ3n) is 7.66. The number of aromatic nitrogens is 4. The number of nitrogens with one attached hydrogen (secondary N) is 2. The van der Waals surface area contributed by atoms with E-state index in [9.17, 15) is 9.59 Å². The lowest BCUT2D eigenvalue weighted by molar-refractivity contribution is 0.0691. The molecule has 2 aliphatic heterocycles. The van der Waals surface area contributed by atoms with Crippen LogP contribution in [0.1, 0.15) is 59.0 Å². The van der Waals surface area contributed by atoms with Crippen LogP contribution >= 0.6 is 0 Å². The van der Waals surface area contributed by atoms with Gasteiger partial charge in [0.2, 0.25) is 5.95 Å². The molecule has 10 nitrogen and oxygen atoms in total. The van der Waals surface area contributed by atoms with E-state index in [0.717, 1.165) is 62.8 Å². The zero-order chi connectivity index (χ0) is 24.8. The number of amides is 2. The number of likely N-dealkylation sites (tertiary alicyclic amines) is 1. The van der Waals surface area contributed by atoms with Gasteiger partial charge in [-0.15, -0.1) is 0 Å². The Morgan fingerprint density at radius 2 is 1.94 bits per heavy atom. The van der Waals surface area contributed by atoms with E-state index < -0.39 is 0 Å². The van der Waals surface area contributed by atoms with Crippen molar-refractivity contribution >= 4 is 34.6 Å². The van der Waals surface area contributed by atoms with Gasteiger partial charge in [0.05, 0.1) is 5.56 Å². The molecular weight excluding hydrogens is 456 g/mol. The lowest BCUT2D eigenvalue weighted by Crippen LogP contribution is -2.44. The minimum absolute atomic E-state index is 0.0256. The molecule has 3 aliphatic rings. The molecule has 3 fully saturated rings. The van der Waals surface area contributed by atoms with Gasteiger partial charge in [-0.3, -0.25) is 9.59 Å². The topological polar surface area (TPSA) is 108 Å². The van der Waals surface area contributed by atoms with E-state index in [1.165, 1.54) is 0 Å². The van der Waals surface area contributed by atoms with E-state index in [0.29, 0.717) is 35.0 Å². The van der Waals surface area contributed by atoms with Crippen LogP contribution in [0.4, 0.5) is 11.8 Å². The van der Waals surface area contributed by atoms with Gasteiger partial charge in [-0.1, -0.05) is 12.8 Å². The van der Waals surface area contributed by atoms with Crippen molar-refractivity contribution in [2.45, 2.75) is 44.2 Å². The van der Waals surface area contributed by atoms with Gasteiger partial charge in [-0.2, -0.15) is 4.98 Å². The smallest absolute Gasteiger partial charge is 0.270 e. The first kappa shape index (κ1) is 22.9. The van der Waals surface area contributed by atoms with Crippen molar-refractivity contribution in [3.63, 3.8) is 0 Å². The summed E-state index contributed by atoms with van der Waals surface area (Å²) in [5, 5.41) is 7.49. The number of carbonyl (C=O) groups excluding carboxylic acids is 2. The molecule has 36 heavy (non-hydrogen) atoms. The Hall–Kier alpha value is -3.53. The molecule has 2 amide bonds. The number of carbonyl (C=O) groups is 2. The van der Waals surface area contributed by atoms with Crippen LogP contribution in [-0.2, 0) is 0 Å². The summed E-state index contributed by atoms with van der Waals surface area (Å²) in [4.78, 5) is 43.1. The predicted octanol–water partition coefficient (Wildman–Crippen LogP) is 2.82. The fraction of sp³-hybridized carbons (Fsp3) is 0.500. The van der Waals surface area contributed by atoms with Crippen molar-refractivity contribution in [2.75, 3.05) is 39.0 Å². The van der Waals surface area contributed by atoms with Crippen molar-refractivity contribution in [2.24, 2.45) is 5.92 Å². The number of fused-ring (bicyclic) bond motifs is 3. The molecule has 0 aromatic carbocycles. The van der Waals surface area contributed by atoms with Gasteiger partial charge in [0.25, 0.3) is 11.8 Å². The summed E-state index contributed by atoms with van der Waals surface area (Å²) in [6, 6.07) is 6.14. The summed E-state index contributed by atoms with van der Waals surface area (Å²) in [5.74, 6) is 1.51. The zero-order valence-electron chi connectivity index (χ0n) is 20.8. The number of hydrogen-bond acceptors (Lipinski definition) is 7. The van der Waals surface area contributed by atoms with Gasteiger partial charge in [0, 0.05) is 63.6 Å². The highest BCUT2D eigenvalue weighted by atomic mass is 16.2. The Kier molecular flexibility index (Phi) is 5.83. The predicted molar refractivity (Wildman–Crippen MR) is 136 cm³/mol. The standard InChI is InChI=1S/C26H32N8O2/c1-32(2)25(36)21-10-18-13-29-26(31-23(18)34(21)20-5-3-4-6-20)30-22-8-7-17(12-28-22)24(35)33-14-16-9-19(15-33)27-11-16/h7-8,10,12-13,16,19-20,27H,3-6,9,11,14-15H2,1-2H3,(H,28,29,30,31). The molecule has 2 atom stereocenters. The van der Waals surface area contributed by atoms with E-state index in [2.05, 4.69) is 25.2 Å². The largest absolute Gasteiger partial charge is 0.343 e. The Labute approximate surface area is 210 Å². The van der Waals surface area contributed by atoms with Crippen LogP contribution < -0.4 is 10.6 Å². The van der Waals surface area contributed by atoms with Gasteiger partial charge in [0.15, 0.2) is 0 Å². The Morgan fingerprint density at radius 3 is 2.67 bits per heavy atom. The molecule has 5 heterocycles. The fourth-order valence-electron chi connectivity index (χ4n) is 5.88. The summed E-state index contributed by atoms with van der Waals surface area (Å²) in [6.45, 7) is 2.55. The second-order valence-corrected chi connectivity index (χ2v) is 10.5. The molecular formula is C26H32N8O2. The second-order valence-electron chi connectivity index (χ2n) is 10.5. The molecule has 0 radical (unpaired) electrons. The summed E-state index contributed by atoms with van der Waals surface area (Å²) < 4.78 is 2.09. The molecule has 1 saturated carbocycles. The third kappa shape index (κ3) is 4.19. The molecule has 0 spiro atoms. The van der Waals surface area contributed by atoms with Crippen LogP contribution in [0.2, 0.25) is 0 Å².